The Morgan fingerprint density at radius 1 is 1.24 bits per heavy atom. The Morgan fingerprint density at radius 2 is 2.05 bits per heavy atom. The molecule has 0 aliphatic heterocycles. The van der Waals surface area contributed by atoms with Crippen LogP contribution >= 0.6 is 0 Å². The van der Waals surface area contributed by atoms with E-state index in [1.807, 2.05) is 24.3 Å². The van der Waals surface area contributed by atoms with E-state index in [9.17, 15) is 4.79 Å². The fraction of sp³-hybridized carbons (Fsp3) is 0.133. The van der Waals surface area contributed by atoms with Crippen molar-refractivity contribution in [3.8, 4) is 5.75 Å². The van der Waals surface area contributed by atoms with Crippen molar-refractivity contribution in [2.75, 3.05) is 12.4 Å². The van der Waals surface area contributed by atoms with Crippen LogP contribution < -0.4 is 15.6 Å². The number of H-pyrrole nitrogens is 1. The molecule has 6 heteroatoms. The molecule has 0 aliphatic carbocycles. The Morgan fingerprint density at radius 3 is 2.81 bits per heavy atom. The van der Waals surface area contributed by atoms with Crippen LogP contribution in [0, 0.1) is 0 Å². The number of hydrogen-bond donors (Lipinski definition) is 2. The standard InChI is InChI=1S/C15H14N4O2/c1-21-11-4-2-10(3-5-11)8-17-15-18-9-12-13(19-15)6-7-16-14(12)20/h2-7,9H,8H2,1H3,(H,16,20)(H,17,18,19). The number of hydrogen-bond acceptors (Lipinski definition) is 5. The molecule has 2 aromatic heterocycles. The molecule has 0 unspecified atom stereocenters. The second kappa shape index (κ2) is 5.62. The minimum absolute atomic E-state index is 0.186. The first kappa shape index (κ1) is 13.1. The number of nitrogens with one attached hydrogen (secondary N) is 2. The van der Waals surface area contributed by atoms with Gasteiger partial charge in [0.15, 0.2) is 0 Å². The molecule has 6 nitrogen and oxygen atoms in total. The first-order chi connectivity index (χ1) is 10.3. The normalized spacial score (nSPS) is 10.5. The first-order valence-electron chi connectivity index (χ1n) is 6.47. The van der Waals surface area contributed by atoms with Gasteiger partial charge in [0, 0.05) is 18.9 Å². The van der Waals surface area contributed by atoms with Crippen LogP contribution in [-0.4, -0.2) is 22.1 Å². The molecule has 1 aromatic carbocycles. The van der Waals surface area contributed by atoms with Crippen LogP contribution in [0.1, 0.15) is 5.56 Å². The monoisotopic (exact) mass is 282 g/mol. The Bertz CT molecular complexity index is 812. The summed E-state index contributed by atoms with van der Waals surface area (Å²) in [4.78, 5) is 22.6. The van der Waals surface area contributed by atoms with E-state index in [4.69, 9.17) is 4.74 Å². The number of benzene rings is 1. The quantitative estimate of drug-likeness (QED) is 0.764. The van der Waals surface area contributed by atoms with Crippen LogP contribution in [0.15, 0.2) is 47.5 Å². The lowest BCUT2D eigenvalue weighted by Crippen LogP contribution is -2.08. The minimum atomic E-state index is -0.186. The third-order valence-electron chi connectivity index (χ3n) is 3.13. The lowest BCUT2D eigenvalue weighted by Gasteiger charge is -2.06. The van der Waals surface area contributed by atoms with E-state index >= 15 is 0 Å². The SMILES string of the molecule is COc1ccc(CNc2ncc3c(=O)[nH]ccc3n2)cc1. The summed E-state index contributed by atoms with van der Waals surface area (Å²) in [6.45, 7) is 0.596. The summed E-state index contributed by atoms with van der Waals surface area (Å²) in [7, 11) is 1.64. The highest BCUT2D eigenvalue weighted by atomic mass is 16.5. The first-order valence-corrected chi connectivity index (χ1v) is 6.47. The summed E-state index contributed by atoms with van der Waals surface area (Å²) in [5, 5.41) is 3.61. The minimum Gasteiger partial charge on any atom is -0.497 e. The van der Waals surface area contributed by atoms with Gasteiger partial charge < -0.3 is 15.0 Å². The second-order valence-corrected chi connectivity index (χ2v) is 4.50. The summed E-state index contributed by atoms with van der Waals surface area (Å²) in [6, 6.07) is 9.49. The lowest BCUT2D eigenvalue weighted by molar-refractivity contribution is 0.414. The maximum Gasteiger partial charge on any atom is 0.258 e. The number of aromatic nitrogens is 3. The zero-order valence-corrected chi connectivity index (χ0v) is 11.5. The molecule has 0 aliphatic rings. The predicted octanol–water partition coefficient (Wildman–Crippen LogP) is 1.94. The van der Waals surface area contributed by atoms with Gasteiger partial charge in [0.1, 0.15) is 5.75 Å². The number of methoxy groups -OCH3 is 1. The Hall–Kier alpha value is -2.89. The molecule has 0 spiro atoms. The van der Waals surface area contributed by atoms with E-state index in [-0.39, 0.29) is 5.56 Å². The molecule has 3 aromatic rings. The molecular weight excluding hydrogens is 268 g/mol. The summed E-state index contributed by atoms with van der Waals surface area (Å²) < 4.78 is 5.11. The van der Waals surface area contributed by atoms with Crippen molar-refractivity contribution in [2.24, 2.45) is 0 Å². The van der Waals surface area contributed by atoms with E-state index in [0.717, 1.165) is 11.3 Å². The number of pyridine rings is 1. The average Bonchev–Trinajstić information content (AvgIpc) is 2.53. The van der Waals surface area contributed by atoms with Crippen molar-refractivity contribution in [3.63, 3.8) is 0 Å². The van der Waals surface area contributed by atoms with Gasteiger partial charge in [-0.05, 0) is 23.8 Å². The number of fused-ring (bicyclic) bond motifs is 1. The largest absolute Gasteiger partial charge is 0.497 e. The van der Waals surface area contributed by atoms with Crippen molar-refractivity contribution in [1.29, 1.82) is 0 Å². The van der Waals surface area contributed by atoms with Crippen LogP contribution in [0.4, 0.5) is 5.95 Å². The Labute approximate surface area is 120 Å². The molecule has 0 fully saturated rings. The van der Waals surface area contributed by atoms with Gasteiger partial charge in [-0.1, -0.05) is 12.1 Å². The topological polar surface area (TPSA) is 79.9 Å². The van der Waals surface area contributed by atoms with Gasteiger partial charge in [0.2, 0.25) is 5.95 Å². The molecular formula is C15H14N4O2. The van der Waals surface area contributed by atoms with Crippen molar-refractivity contribution >= 4 is 16.9 Å². The highest BCUT2D eigenvalue weighted by molar-refractivity contribution is 5.77. The maximum atomic E-state index is 11.6. The highest BCUT2D eigenvalue weighted by Crippen LogP contribution is 2.13. The van der Waals surface area contributed by atoms with E-state index < -0.39 is 0 Å². The fourth-order valence-electron chi connectivity index (χ4n) is 1.98. The van der Waals surface area contributed by atoms with Gasteiger partial charge >= 0.3 is 0 Å². The zero-order valence-electron chi connectivity index (χ0n) is 11.5. The maximum absolute atomic E-state index is 11.6. The smallest absolute Gasteiger partial charge is 0.258 e. The molecule has 3 rings (SSSR count). The van der Waals surface area contributed by atoms with Gasteiger partial charge in [-0.3, -0.25) is 4.79 Å². The van der Waals surface area contributed by atoms with Crippen LogP contribution in [0.3, 0.4) is 0 Å². The fourth-order valence-corrected chi connectivity index (χ4v) is 1.98. The summed E-state index contributed by atoms with van der Waals surface area (Å²) in [6.07, 6.45) is 3.10. The molecule has 0 saturated carbocycles. The summed E-state index contributed by atoms with van der Waals surface area (Å²) >= 11 is 0. The molecule has 2 N–H and O–H groups in total. The van der Waals surface area contributed by atoms with Crippen molar-refractivity contribution in [1.82, 2.24) is 15.0 Å². The number of nitrogens with zero attached hydrogens (tertiary/aromatic N) is 2. The second-order valence-electron chi connectivity index (χ2n) is 4.50. The van der Waals surface area contributed by atoms with E-state index in [1.54, 1.807) is 19.4 Å². The third kappa shape index (κ3) is 2.84. The summed E-state index contributed by atoms with van der Waals surface area (Å²) in [5.41, 5.74) is 1.52. The van der Waals surface area contributed by atoms with Crippen LogP contribution in [-0.2, 0) is 6.54 Å². The Balaban J connectivity index is 1.77. The van der Waals surface area contributed by atoms with Crippen molar-refractivity contribution in [2.45, 2.75) is 6.54 Å². The summed E-state index contributed by atoms with van der Waals surface area (Å²) in [5.74, 6) is 1.31. The van der Waals surface area contributed by atoms with Crippen LogP contribution in [0.25, 0.3) is 10.9 Å². The average molecular weight is 282 g/mol. The van der Waals surface area contributed by atoms with Crippen LogP contribution in [0.2, 0.25) is 0 Å². The number of anilines is 1. The molecule has 0 radical (unpaired) electrons. The van der Waals surface area contributed by atoms with E-state index in [2.05, 4.69) is 20.3 Å². The molecule has 2 heterocycles. The van der Waals surface area contributed by atoms with Gasteiger partial charge in [0.25, 0.3) is 5.56 Å². The Kier molecular flexibility index (Phi) is 3.51. The van der Waals surface area contributed by atoms with E-state index in [1.165, 1.54) is 6.20 Å². The number of aromatic amines is 1. The molecule has 21 heavy (non-hydrogen) atoms. The molecule has 0 saturated heterocycles. The van der Waals surface area contributed by atoms with Gasteiger partial charge in [-0.15, -0.1) is 0 Å². The van der Waals surface area contributed by atoms with Gasteiger partial charge in [0.05, 0.1) is 18.0 Å². The third-order valence-corrected chi connectivity index (χ3v) is 3.13. The molecule has 106 valence electrons. The van der Waals surface area contributed by atoms with Crippen molar-refractivity contribution in [3.05, 3.63) is 58.6 Å². The van der Waals surface area contributed by atoms with Gasteiger partial charge in [-0.25, -0.2) is 9.97 Å². The molecule has 0 atom stereocenters. The van der Waals surface area contributed by atoms with E-state index in [0.29, 0.717) is 23.4 Å². The van der Waals surface area contributed by atoms with Crippen molar-refractivity contribution < 1.29 is 4.74 Å². The molecule has 0 bridgehead atoms. The highest BCUT2D eigenvalue weighted by Gasteiger charge is 2.02. The number of ether oxygens (including phenoxy) is 1. The molecule has 0 amide bonds. The number of rotatable bonds is 4. The van der Waals surface area contributed by atoms with Gasteiger partial charge in [-0.2, -0.15) is 0 Å². The predicted molar refractivity (Wildman–Crippen MR) is 80.5 cm³/mol. The van der Waals surface area contributed by atoms with Crippen LogP contribution in [0.5, 0.6) is 5.75 Å². The zero-order chi connectivity index (χ0) is 14.7. The lowest BCUT2D eigenvalue weighted by atomic mass is 10.2.